The van der Waals surface area contributed by atoms with Gasteiger partial charge in [0.1, 0.15) is 22.5 Å². The number of aryl methyl sites for hydroxylation is 1. The summed E-state index contributed by atoms with van der Waals surface area (Å²) in [6.45, 7) is 5.83. The van der Waals surface area contributed by atoms with Gasteiger partial charge in [-0.25, -0.2) is 13.9 Å². The van der Waals surface area contributed by atoms with E-state index in [1.165, 1.54) is 29.2 Å². The van der Waals surface area contributed by atoms with Gasteiger partial charge in [0.2, 0.25) is 5.91 Å². The van der Waals surface area contributed by atoms with Crippen LogP contribution in [0.25, 0.3) is 16.8 Å². The number of fused-ring (bicyclic) bond motifs is 1. The van der Waals surface area contributed by atoms with Crippen LogP contribution < -0.4 is 9.80 Å². The Morgan fingerprint density at radius 1 is 1.12 bits per heavy atom. The number of pyridine rings is 1. The maximum atomic E-state index is 13.6. The van der Waals surface area contributed by atoms with E-state index in [1.54, 1.807) is 12.1 Å². The third kappa shape index (κ3) is 3.67. The summed E-state index contributed by atoms with van der Waals surface area (Å²) in [5, 5.41) is 15.7. The second-order valence-electron chi connectivity index (χ2n) is 13.8. The molecule has 10 heteroatoms. The molecule has 10 rings (SSSR count). The van der Waals surface area contributed by atoms with Crippen LogP contribution in [0.5, 0.6) is 0 Å². The molecule has 0 N–H and O–H groups in total. The van der Waals surface area contributed by atoms with E-state index in [-0.39, 0.29) is 16.6 Å². The van der Waals surface area contributed by atoms with Gasteiger partial charge in [0.15, 0.2) is 5.13 Å². The fraction of sp³-hybridized carbons (Fsp3) is 0.455. The van der Waals surface area contributed by atoms with E-state index in [9.17, 15) is 14.4 Å². The minimum atomic E-state index is -0.317. The van der Waals surface area contributed by atoms with Gasteiger partial charge < -0.3 is 14.7 Å². The lowest BCUT2D eigenvalue weighted by Gasteiger charge is -2.66. The average molecular weight is 594 g/mol. The Morgan fingerprint density at radius 2 is 1.84 bits per heavy atom. The number of amides is 1. The van der Waals surface area contributed by atoms with Crippen LogP contribution in [0.3, 0.4) is 0 Å². The highest BCUT2D eigenvalue weighted by Crippen LogP contribution is 2.65. The molecule has 218 valence electrons. The van der Waals surface area contributed by atoms with Crippen LogP contribution in [0, 0.1) is 40.8 Å². The topological polar surface area (TPSA) is 80.8 Å². The first-order valence-corrected chi connectivity index (χ1v) is 16.0. The molecule has 43 heavy (non-hydrogen) atoms. The molecule has 4 saturated carbocycles. The SMILES string of the molecule is Cc1cc(N2CC3(CN(C(=O)C45CC(C4)C5)C3)C2)cc2c(N(C)c3nc(-c4ccc(F)cc4)c(C#N)s3)c(C3CC3)nn12. The molecule has 1 spiro atoms. The Labute approximate surface area is 253 Å². The Hall–Kier alpha value is -3.97. The second-order valence-corrected chi connectivity index (χ2v) is 14.8. The standard InChI is InChI=1S/C33H32FN7OS/c1-19-9-24(39-15-32(16-39)17-40(18-32)30(42)33-11-20(12-33)13-33)10-25-29(28(22-3-4-22)37-41(19)25)38(2)31-36-27(26(14-35)43-31)21-5-7-23(34)8-6-21/h5-10,20,22H,3-4,11-13,15-18H2,1-2H3. The van der Waals surface area contributed by atoms with Crippen LogP contribution in [0.15, 0.2) is 36.4 Å². The van der Waals surface area contributed by atoms with Crippen LogP contribution in [0.4, 0.5) is 20.9 Å². The summed E-state index contributed by atoms with van der Waals surface area (Å²) in [4.78, 5) is 25.0. The third-order valence-corrected chi connectivity index (χ3v) is 11.6. The van der Waals surface area contributed by atoms with Crippen molar-refractivity contribution in [2.75, 3.05) is 43.0 Å². The van der Waals surface area contributed by atoms with E-state index in [4.69, 9.17) is 10.1 Å². The molecule has 8 nitrogen and oxygen atoms in total. The predicted molar refractivity (Wildman–Crippen MR) is 163 cm³/mol. The summed E-state index contributed by atoms with van der Waals surface area (Å²) in [6.07, 6.45) is 5.60. The molecule has 4 aromatic rings. The number of halogens is 1. The molecule has 5 heterocycles. The highest BCUT2D eigenvalue weighted by Gasteiger charge is 2.65. The fourth-order valence-electron chi connectivity index (χ4n) is 8.01. The highest BCUT2D eigenvalue weighted by atomic mass is 32.1. The van der Waals surface area contributed by atoms with Crippen LogP contribution in [0.2, 0.25) is 0 Å². The summed E-state index contributed by atoms with van der Waals surface area (Å²) < 4.78 is 15.6. The van der Waals surface area contributed by atoms with Gasteiger partial charge in [-0.1, -0.05) is 11.3 Å². The molecular formula is C33H32FN7OS. The number of anilines is 3. The average Bonchev–Trinajstić information content (AvgIpc) is 3.52. The maximum absolute atomic E-state index is 13.6. The lowest BCUT2D eigenvalue weighted by Crippen LogP contribution is -2.76. The van der Waals surface area contributed by atoms with Gasteiger partial charge in [-0.15, -0.1) is 0 Å². The second kappa shape index (κ2) is 8.56. The van der Waals surface area contributed by atoms with Gasteiger partial charge in [-0.3, -0.25) is 4.79 Å². The van der Waals surface area contributed by atoms with Crippen molar-refractivity contribution in [2.24, 2.45) is 16.7 Å². The number of nitrogens with zero attached hydrogens (tertiary/aromatic N) is 7. The first kappa shape index (κ1) is 25.5. The van der Waals surface area contributed by atoms with Gasteiger partial charge in [-0.2, -0.15) is 10.4 Å². The first-order valence-electron chi connectivity index (χ1n) is 15.2. The molecule has 2 saturated heterocycles. The van der Waals surface area contributed by atoms with Crippen LogP contribution in [-0.4, -0.2) is 58.6 Å². The first-order chi connectivity index (χ1) is 20.7. The van der Waals surface area contributed by atoms with E-state index in [0.717, 1.165) is 92.4 Å². The van der Waals surface area contributed by atoms with E-state index in [0.29, 0.717) is 27.5 Å². The number of nitriles is 1. The van der Waals surface area contributed by atoms with Gasteiger partial charge in [0.25, 0.3) is 0 Å². The van der Waals surface area contributed by atoms with Crippen molar-refractivity contribution in [2.45, 2.75) is 44.9 Å². The van der Waals surface area contributed by atoms with E-state index < -0.39 is 0 Å². The molecule has 0 unspecified atom stereocenters. The number of likely N-dealkylation sites (tertiary alicyclic amines) is 1. The van der Waals surface area contributed by atoms with E-state index >= 15 is 0 Å². The highest BCUT2D eigenvalue weighted by molar-refractivity contribution is 7.16. The van der Waals surface area contributed by atoms with Crippen molar-refractivity contribution in [3.05, 3.63) is 58.5 Å². The molecule has 2 bridgehead atoms. The van der Waals surface area contributed by atoms with Gasteiger partial charge >= 0.3 is 0 Å². The molecule has 6 fully saturated rings. The molecule has 6 aliphatic rings. The van der Waals surface area contributed by atoms with Gasteiger partial charge in [0, 0.05) is 61.5 Å². The van der Waals surface area contributed by atoms with E-state index in [1.807, 2.05) is 11.6 Å². The van der Waals surface area contributed by atoms with Crippen molar-refractivity contribution < 1.29 is 9.18 Å². The summed E-state index contributed by atoms with van der Waals surface area (Å²) in [5.74, 6) is 1.34. The van der Waals surface area contributed by atoms with Gasteiger partial charge in [0.05, 0.1) is 22.3 Å². The Balaban J connectivity index is 1.01. The number of carbonyl (C=O) groups excluding carboxylic acids is 1. The maximum Gasteiger partial charge on any atom is 0.228 e. The number of hydrogen-bond donors (Lipinski definition) is 0. The van der Waals surface area contributed by atoms with E-state index in [2.05, 4.69) is 39.8 Å². The number of rotatable bonds is 6. The zero-order valence-electron chi connectivity index (χ0n) is 24.3. The Morgan fingerprint density at radius 3 is 2.47 bits per heavy atom. The molecular weight excluding hydrogens is 561 g/mol. The fourth-order valence-corrected chi connectivity index (χ4v) is 8.86. The number of aromatic nitrogens is 3. The molecule has 1 amide bonds. The van der Waals surface area contributed by atoms with Crippen LogP contribution in [0.1, 0.15) is 54.3 Å². The monoisotopic (exact) mass is 593 g/mol. The minimum Gasteiger partial charge on any atom is -0.370 e. The number of benzene rings is 1. The quantitative estimate of drug-likeness (QED) is 0.278. The Bertz CT molecular complexity index is 1850. The van der Waals surface area contributed by atoms with Crippen molar-refractivity contribution >= 4 is 39.3 Å². The Kier molecular flexibility index (Phi) is 5.08. The number of carbonyl (C=O) groups is 1. The van der Waals surface area contributed by atoms with Crippen molar-refractivity contribution in [3.63, 3.8) is 0 Å². The lowest BCUT2D eigenvalue weighted by atomic mass is 9.43. The molecule has 3 aromatic heterocycles. The minimum absolute atomic E-state index is 0.0206. The predicted octanol–water partition coefficient (Wildman–Crippen LogP) is 5.87. The molecule has 2 aliphatic heterocycles. The van der Waals surface area contributed by atoms with Crippen LogP contribution >= 0.6 is 11.3 Å². The van der Waals surface area contributed by atoms with Crippen LogP contribution in [-0.2, 0) is 4.79 Å². The summed E-state index contributed by atoms with van der Waals surface area (Å²) in [6, 6.07) is 12.9. The zero-order valence-corrected chi connectivity index (χ0v) is 25.1. The van der Waals surface area contributed by atoms with Crippen molar-refractivity contribution in [3.8, 4) is 17.3 Å². The normalized spacial score (nSPS) is 24.7. The smallest absolute Gasteiger partial charge is 0.228 e. The molecule has 1 aromatic carbocycles. The lowest BCUT2D eigenvalue weighted by molar-refractivity contribution is -0.189. The van der Waals surface area contributed by atoms with Crippen molar-refractivity contribution in [1.29, 1.82) is 5.26 Å². The van der Waals surface area contributed by atoms with Crippen molar-refractivity contribution in [1.82, 2.24) is 19.5 Å². The molecule has 0 radical (unpaired) electrons. The third-order valence-electron chi connectivity index (χ3n) is 10.6. The number of hydrogen-bond acceptors (Lipinski definition) is 7. The zero-order chi connectivity index (χ0) is 29.2. The molecule has 0 atom stereocenters. The summed E-state index contributed by atoms with van der Waals surface area (Å²) in [5.41, 5.74) is 6.94. The largest absolute Gasteiger partial charge is 0.370 e. The summed E-state index contributed by atoms with van der Waals surface area (Å²) in [7, 11) is 2.00. The van der Waals surface area contributed by atoms with Gasteiger partial charge in [-0.05, 0) is 81.3 Å². The number of thiazole rings is 1. The molecule has 4 aliphatic carbocycles. The summed E-state index contributed by atoms with van der Waals surface area (Å²) >= 11 is 1.35.